The van der Waals surface area contributed by atoms with Gasteiger partial charge in [-0.2, -0.15) is 0 Å². The smallest absolute Gasteiger partial charge is 0.152 e. The van der Waals surface area contributed by atoms with Crippen LogP contribution in [0.25, 0.3) is 0 Å². The number of rotatable bonds is 3. The van der Waals surface area contributed by atoms with E-state index in [-0.39, 0.29) is 23.3 Å². The second-order valence-electron chi connectivity index (χ2n) is 5.83. The topological polar surface area (TPSA) is 66.4 Å². The molecule has 19 heavy (non-hydrogen) atoms. The molecule has 0 amide bonds. The zero-order valence-electron chi connectivity index (χ0n) is 11.6. The Morgan fingerprint density at radius 3 is 2.68 bits per heavy atom. The maximum atomic E-state index is 11.6. The van der Waals surface area contributed by atoms with Crippen molar-refractivity contribution in [1.82, 2.24) is 5.32 Å². The molecule has 1 aromatic rings. The fourth-order valence-corrected chi connectivity index (χ4v) is 4.85. The highest BCUT2D eigenvalue weighted by molar-refractivity contribution is 7.91. The van der Waals surface area contributed by atoms with Crippen molar-refractivity contribution < 1.29 is 13.5 Å². The van der Waals surface area contributed by atoms with E-state index >= 15 is 0 Å². The molecule has 1 saturated heterocycles. The molecule has 0 saturated carbocycles. The van der Waals surface area contributed by atoms with Crippen molar-refractivity contribution >= 4 is 9.84 Å². The third-order valence-corrected chi connectivity index (χ3v) is 5.62. The van der Waals surface area contributed by atoms with Gasteiger partial charge >= 0.3 is 0 Å². The minimum Gasteiger partial charge on any atom is -0.508 e. The van der Waals surface area contributed by atoms with Crippen molar-refractivity contribution in [3.63, 3.8) is 0 Å². The standard InChI is InChI=1S/C14H21NO3S/c1-10-4-5-13(16)12(8-10)11(2)15-14(3)6-7-19(17,18)9-14/h4-5,8,11,15-16H,6-7,9H2,1-3H3. The molecular formula is C14H21NO3S. The molecule has 0 aromatic heterocycles. The molecule has 2 N–H and O–H groups in total. The Balaban J connectivity index is 2.17. The molecule has 1 aliphatic heterocycles. The SMILES string of the molecule is Cc1ccc(O)c(C(C)NC2(C)CCS(=O)(=O)C2)c1. The van der Waals surface area contributed by atoms with E-state index in [1.807, 2.05) is 32.9 Å². The molecule has 106 valence electrons. The van der Waals surface area contributed by atoms with E-state index in [4.69, 9.17) is 0 Å². The van der Waals surface area contributed by atoms with Crippen molar-refractivity contribution in [2.24, 2.45) is 0 Å². The zero-order valence-corrected chi connectivity index (χ0v) is 12.4. The van der Waals surface area contributed by atoms with Crippen LogP contribution >= 0.6 is 0 Å². The van der Waals surface area contributed by atoms with Crippen LogP contribution in [0.4, 0.5) is 0 Å². The predicted octanol–water partition coefficient (Wildman–Crippen LogP) is 1.93. The Labute approximate surface area is 114 Å². The van der Waals surface area contributed by atoms with Crippen LogP contribution in [0.2, 0.25) is 0 Å². The number of phenolic OH excluding ortho intramolecular Hbond substituents is 1. The fourth-order valence-electron chi connectivity index (χ4n) is 2.75. The first kappa shape index (κ1) is 14.3. The highest BCUT2D eigenvalue weighted by Gasteiger charge is 2.39. The van der Waals surface area contributed by atoms with Gasteiger partial charge in [0.25, 0.3) is 0 Å². The summed E-state index contributed by atoms with van der Waals surface area (Å²) >= 11 is 0. The molecule has 4 nitrogen and oxygen atoms in total. The quantitative estimate of drug-likeness (QED) is 0.889. The van der Waals surface area contributed by atoms with Gasteiger partial charge in [0, 0.05) is 17.1 Å². The Morgan fingerprint density at radius 2 is 2.11 bits per heavy atom. The molecular weight excluding hydrogens is 262 g/mol. The summed E-state index contributed by atoms with van der Waals surface area (Å²) in [7, 11) is -2.93. The van der Waals surface area contributed by atoms with Crippen molar-refractivity contribution in [2.45, 2.75) is 38.8 Å². The van der Waals surface area contributed by atoms with Gasteiger partial charge in [-0.15, -0.1) is 0 Å². The minimum absolute atomic E-state index is 0.0850. The van der Waals surface area contributed by atoms with Gasteiger partial charge in [-0.05, 0) is 33.3 Å². The molecule has 2 atom stereocenters. The molecule has 0 spiro atoms. The first-order chi connectivity index (χ1) is 8.71. The maximum absolute atomic E-state index is 11.6. The average molecular weight is 283 g/mol. The normalized spacial score (nSPS) is 27.3. The van der Waals surface area contributed by atoms with Gasteiger partial charge in [0.15, 0.2) is 9.84 Å². The number of hydrogen-bond donors (Lipinski definition) is 2. The number of hydrogen-bond acceptors (Lipinski definition) is 4. The number of sulfone groups is 1. The average Bonchev–Trinajstić information content (AvgIpc) is 2.56. The van der Waals surface area contributed by atoms with Crippen molar-refractivity contribution in [1.29, 1.82) is 0 Å². The molecule has 5 heteroatoms. The van der Waals surface area contributed by atoms with E-state index < -0.39 is 15.4 Å². The highest BCUT2D eigenvalue weighted by Crippen LogP contribution is 2.30. The Morgan fingerprint density at radius 1 is 1.42 bits per heavy atom. The van der Waals surface area contributed by atoms with Crippen LogP contribution in [0.15, 0.2) is 18.2 Å². The molecule has 1 aliphatic rings. The van der Waals surface area contributed by atoms with E-state index in [2.05, 4.69) is 5.32 Å². The lowest BCUT2D eigenvalue weighted by atomic mass is 9.97. The van der Waals surface area contributed by atoms with Crippen LogP contribution in [-0.2, 0) is 9.84 Å². The van der Waals surface area contributed by atoms with E-state index in [9.17, 15) is 13.5 Å². The third-order valence-electron chi connectivity index (χ3n) is 3.72. The summed E-state index contributed by atoms with van der Waals surface area (Å²) in [6, 6.07) is 5.38. The molecule has 0 aliphatic carbocycles. The van der Waals surface area contributed by atoms with Gasteiger partial charge in [-0.1, -0.05) is 17.7 Å². The molecule has 0 bridgehead atoms. The van der Waals surface area contributed by atoms with Gasteiger partial charge in [0.2, 0.25) is 0 Å². The Bertz CT molecular complexity index is 582. The highest BCUT2D eigenvalue weighted by atomic mass is 32.2. The van der Waals surface area contributed by atoms with Crippen LogP contribution in [-0.4, -0.2) is 30.6 Å². The molecule has 1 fully saturated rings. The van der Waals surface area contributed by atoms with E-state index in [1.54, 1.807) is 6.07 Å². The summed E-state index contributed by atoms with van der Waals surface area (Å²) in [6.45, 7) is 5.85. The second kappa shape index (κ2) is 4.80. The molecule has 2 unspecified atom stereocenters. The largest absolute Gasteiger partial charge is 0.508 e. The Hall–Kier alpha value is -1.07. The van der Waals surface area contributed by atoms with E-state index in [0.717, 1.165) is 11.1 Å². The molecule has 0 radical (unpaired) electrons. The van der Waals surface area contributed by atoms with Crippen molar-refractivity contribution in [2.75, 3.05) is 11.5 Å². The minimum atomic E-state index is -2.93. The van der Waals surface area contributed by atoms with Gasteiger partial charge in [0.1, 0.15) is 5.75 Å². The monoisotopic (exact) mass is 283 g/mol. The van der Waals surface area contributed by atoms with Crippen LogP contribution < -0.4 is 5.32 Å². The van der Waals surface area contributed by atoms with Crippen molar-refractivity contribution in [3.8, 4) is 5.75 Å². The first-order valence-corrected chi connectivity index (χ1v) is 8.31. The maximum Gasteiger partial charge on any atom is 0.152 e. The van der Waals surface area contributed by atoms with Gasteiger partial charge < -0.3 is 10.4 Å². The molecule has 1 aromatic carbocycles. The Kier molecular flexibility index (Phi) is 3.62. The lowest BCUT2D eigenvalue weighted by Crippen LogP contribution is -2.44. The number of nitrogens with one attached hydrogen (secondary N) is 1. The van der Waals surface area contributed by atoms with Crippen LogP contribution in [0.1, 0.15) is 37.4 Å². The summed E-state index contributed by atoms with van der Waals surface area (Å²) in [5.74, 6) is 0.648. The summed E-state index contributed by atoms with van der Waals surface area (Å²) in [4.78, 5) is 0. The number of aryl methyl sites for hydroxylation is 1. The third kappa shape index (κ3) is 3.28. The fraction of sp³-hybridized carbons (Fsp3) is 0.571. The number of aromatic hydroxyl groups is 1. The lowest BCUT2D eigenvalue weighted by Gasteiger charge is -2.29. The van der Waals surface area contributed by atoms with Crippen LogP contribution in [0, 0.1) is 6.92 Å². The predicted molar refractivity (Wildman–Crippen MR) is 76.1 cm³/mol. The first-order valence-electron chi connectivity index (χ1n) is 6.48. The van der Waals surface area contributed by atoms with Crippen molar-refractivity contribution in [3.05, 3.63) is 29.3 Å². The van der Waals surface area contributed by atoms with Crippen LogP contribution in [0.3, 0.4) is 0 Å². The summed E-state index contributed by atoms with van der Waals surface area (Å²) in [6.07, 6.45) is 0.617. The number of benzene rings is 1. The van der Waals surface area contributed by atoms with Gasteiger partial charge in [-0.25, -0.2) is 8.42 Å². The molecule has 2 rings (SSSR count). The summed E-state index contributed by atoms with van der Waals surface area (Å²) in [5, 5.41) is 13.3. The van der Waals surface area contributed by atoms with Gasteiger partial charge in [0.05, 0.1) is 11.5 Å². The zero-order chi connectivity index (χ0) is 14.3. The second-order valence-corrected chi connectivity index (χ2v) is 8.02. The van der Waals surface area contributed by atoms with E-state index in [1.165, 1.54) is 0 Å². The summed E-state index contributed by atoms with van der Waals surface area (Å²) in [5.41, 5.74) is 1.48. The van der Waals surface area contributed by atoms with Gasteiger partial charge in [-0.3, -0.25) is 0 Å². The molecule has 1 heterocycles. The van der Waals surface area contributed by atoms with Crippen LogP contribution in [0.5, 0.6) is 5.75 Å². The summed E-state index contributed by atoms with van der Waals surface area (Å²) < 4.78 is 23.2. The van der Waals surface area contributed by atoms with E-state index in [0.29, 0.717) is 6.42 Å². The number of phenols is 1. The lowest BCUT2D eigenvalue weighted by molar-refractivity contribution is 0.348.